The van der Waals surface area contributed by atoms with E-state index in [-0.39, 0.29) is 11.9 Å². The molecule has 1 fully saturated rings. The number of allylic oxidation sites excluding steroid dienone is 1. The van der Waals surface area contributed by atoms with Crippen LogP contribution in [0.4, 0.5) is 4.79 Å². The summed E-state index contributed by atoms with van der Waals surface area (Å²) in [7, 11) is 0. The molecule has 3 amide bonds. The Kier molecular flexibility index (Phi) is 2.50. The highest BCUT2D eigenvalue weighted by atomic mass is 16.2. The van der Waals surface area contributed by atoms with Crippen molar-refractivity contribution in [2.45, 2.75) is 44.6 Å². The second-order valence-electron chi connectivity index (χ2n) is 4.14. The maximum absolute atomic E-state index is 11.8. The molecular weight excluding hydrogens is 192 g/mol. The van der Waals surface area contributed by atoms with Crippen LogP contribution in [0.15, 0.2) is 11.6 Å². The Morgan fingerprint density at radius 1 is 1.40 bits per heavy atom. The van der Waals surface area contributed by atoms with Gasteiger partial charge >= 0.3 is 6.03 Å². The van der Waals surface area contributed by atoms with E-state index in [2.05, 4.69) is 16.7 Å². The maximum atomic E-state index is 11.8. The van der Waals surface area contributed by atoms with Gasteiger partial charge in [0.05, 0.1) is 0 Å². The number of carbonyl (C=O) groups is 2. The highest BCUT2D eigenvalue weighted by Gasteiger charge is 2.47. The fraction of sp³-hybridized carbons (Fsp3) is 0.636. The summed E-state index contributed by atoms with van der Waals surface area (Å²) >= 11 is 0. The van der Waals surface area contributed by atoms with E-state index >= 15 is 0 Å². The van der Waals surface area contributed by atoms with Gasteiger partial charge in [-0.1, -0.05) is 13.0 Å². The predicted molar refractivity (Wildman–Crippen MR) is 56.2 cm³/mol. The van der Waals surface area contributed by atoms with Gasteiger partial charge in [0.15, 0.2) is 0 Å². The fourth-order valence-corrected chi connectivity index (χ4v) is 2.42. The Balaban J connectivity index is 2.32. The van der Waals surface area contributed by atoms with Crippen LogP contribution in [0.25, 0.3) is 0 Å². The second kappa shape index (κ2) is 3.68. The van der Waals surface area contributed by atoms with Crippen LogP contribution in [-0.2, 0) is 4.79 Å². The molecule has 82 valence electrons. The van der Waals surface area contributed by atoms with Crippen molar-refractivity contribution in [3.8, 4) is 0 Å². The molecule has 0 saturated carbocycles. The van der Waals surface area contributed by atoms with Crippen LogP contribution < -0.4 is 10.6 Å². The molecule has 0 bridgehead atoms. The van der Waals surface area contributed by atoms with Gasteiger partial charge in [-0.2, -0.15) is 0 Å². The first-order valence-electron chi connectivity index (χ1n) is 5.52. The summed E-state index contributed by atoms with van der Waals surface area (Å²) in [6.07, 6.45) is 6.95. The van der Waals surface area contributed by atoms with Crippen LogP contribution in [-0.4, -0.2) is 17.5 Å². The number of imide groups is 1. The van der Waals surface area contributed by atoms with Crippen molar-refractivity contribution in [3.63, 3.8) is 0 Å². The second-order valence-corrected chi connectivity index (χ2v) is 4.14. The molecule has 1 saturated heterocycles. The van der Waals surface area contributed by atoms with E-state index in [0.29, 0.717) is 6.42 Å². The largest absolute Gasteiger partial charge is 0.322 e. The van der Waals surface area contributed by atoms with Crippen molar-refractivity contribution >= 4 is 11.9 Å². The van der Waals surface area contributed by atoms with Crippen molar-refractivity contribution in [2.24, 2.45) is 0 Å². The van der Waals surface area contributed by atoms with Gasteiger partial charge in [-0.3, -0.25) is 10.1 Å². The molecule has 2 rings (SSSR count). The minimum absolute atomic E-state index is 0.192. The smallest absolute Gasteiger partial charge is 0.320 e. The molecule has 1 heterocycles. The Hall–Kier alpha value is -1.32. The lowest BCUT2D eigenvalue weighted by Gasteiger charge is -2.29. The number of amides is 3. The third kappa shape index (κ3) is 1.54. The molecule has 0 aromatic rings. The monoisotopic (exact) mass is 208 g/mol. The molecule has 1 atom stereocenters. The molecule has 0 spiro atoms. The molecule has 2 N–H and O–H groups in total. The molecule has 2 aliphatic rings. The molecule has 1 unspecified atom stereocenters. The lowest BCUT2D eigenvalue weighted by molar-refractivity contribution is -0.122. The topological polar surface area (TPSA) is 58.2 Å². The highest BCUT2D eigenvalue weighted by molar-refractivity contribution is 6.09. The molecule has 1 aliphatic heterocycles. The lowest BCUT2D eigenvalue weighted by atomic mass is 9.81. The molecule has 0 aromatic carbocycles. The van der Waals surface area contributed by atoms with Gasteiger partial charge in [0.1, 0.15) is 5.54 Å². The minimum atomic E-state index is -0.752. The lowest BCUT2D eigenvalue weighted by Crippen LogP contribution is -2.48. The van der Waals surface area contributed by atoms with E-state index in [9.17, 15) is 9.59 Å². The normalized spacial score (nSPS) is 30.9. The average Bonchev–Trinajstić information content (AvgIpc) is 2.56. The fourth-order valence-electron chi connectivity index (χ4n) is 2.42. The van der Waals surface area contributed by atoms with Gasteiger partial charge in [0.25, 0.3) is 5.91 Å². The van der Waals surface area contributed by atoms with Crippen molar-refractivity contribution in [1.82, 2.24) is 10.6 Å². The first-order valence-corrected chi connectivity index (χ1v) is 5.52. The molecule has 0 aromatic heterocycles. The average molecular weight is 208 g/mol. The summed E-state index contributed by atoms with van der Waals surface area (Å²) in [5, 5.41) is 5.09. The molecule has 4 nitrogen and oxygen atoms in total. The Morgan fingerprint density at radius 2 is 2.20 bits per heavy atom. The van der Waals surface area contributed by atoms with Crippen LogP contribution in [0.1, 0.15) is 39.0 Å². The van der Waals surface area contributed by atoms with E-state index in [0.717, 1.165) is 24.8 Å². The van der Waals surface area contributed by atoms with E-state index in [1.54, 1.807) is 0 Å². The summed E-state index contributed by atoms with van der Waals surface area (Å²) in [5.74, 6) is -0.192. The van der Waals surface area contributed by atoms with E-state index in [1.165, 1.54) is 6.42 Å². The number of hydrogen-bond acceptors (Lipinski definition) is 2. The first-order chi connectivity index (χ1) is 7.19. The molecule has 15 heavy (non-hydrogen) atoms. The maximum Gasteiger partial charge on any atom is 0.322 e. The van der Waals surface area contributed by atoms with Gasteiger partial charge in [-0.05, 0) is 37.7 Å². The number of carbonyl (C=O) groups excluding carboxylic acids is 2. The van der Waals surface area contributed by atoms with Crippen LogP contribution in [0, 0.1) is 0 Å². The SMILES string of the molecule is CCC1(C2=CCCCC2)NC(=O)NC1=O. The standard InChI is InChI=1S/C11H16N2O2/c1-2-11(8-6-4-3-5-7-8)9(14)12-10(15)13-11/h6H,2-5,7H2,1H3,(H2,12,13,14,15). The quantitative estimate of drug-likeness (QED) is 0.533. The van der Waals surface area contributed by atoms with Crippen LogP contribution >= 0.6 is 0 Å². The predicted octanol–water partition coefficient (Wildman–Crippen LogP) is 1.47. The van der Waals surface area contributed by atoms with E-state index in [1.807, 2.05) is 6.92 Å². The summed E-state index contributed by atoms with van der Waals surface area (Å²) in [6, 6.07) is -0.367. The van der Waals surface area contributed by atoms with Gasteiger partial charge in [-0.25, -0.2) is 4.79 Å². The van der Waals surface area contributed by atoms with Crippen LogP contribution in [0.5, 0.6) is 0 Å². The Morgan fingerprint density at radius 3 is 2.67 bits per heavy atom. The summed E-state index contributed by atoms with van der Waals surface area (Å²) < 4.78 is 0. The van der Waals surface area contributed by atoms with Crippen LogP contribution in [0.2, 0.25) is 0 Å². The van der Waals surface area contributed by atoms with Crippen LogP contribution in [0.3, 0.4) is 0 Å². The summed E-state index contributed by atoms with van der Waals surface area (Å²) in [5.41, 5.74) is 0.330. The van der Waals surface area contributed by atoms with Gasteiger partial charge in [0, 0.05) is 0 Å². The first kappa shape index (κ1) is 10.2. The number of nitrogens with one attached hydrogen (secondary N) is 2. The van der Waals surface area contributed by atoms with Crippen molar-refractivity contribution in [1.29, 1.82) is 0 Å². The zero-order chi connectivity index (χ0) is 10.9. The third-order valence-corrected chi connectivity index (χ3v) is 3.31. The van der Waals surface area contributed by atoms with Crippen molar-refractivity contribution in [3.05, 3.63) is 11.6 Å². The zero-order valence-electron chi connectivity index (χ0n) is 8.93. The highest BCUT2D eigenvalue weighted by Crippen LogP contribution is 2.32. The summed E-state index contributed by atoms with van der Waals surface area (Å²) in [4.78, 5) is 23.0. The van der Waals surface area contributed by atoms with E-state index < -0.39 is 5.54 Å². The van der Waals surface area contributed by atoms with Crippen molar-refractivity contribution in [2.75, 3.05) is 0 Å². The summed E-state index contributed by atoms with van der Waals surface area (Å²) in [6.45, 7) is 1.93. The third-order valence-electron chi connectivity index (χ3n) is 3.31. The van der Waals surface area contributed by atoms with Gasteiger partial charge in [-0.15, -0.1) is 0 Å². The molecule has 4 heteroatoms. The Labute approximate surface area is 89.1 Å². The Bertz CT molecular complexity index is 335. The number of urea groups is 1. The van der Waals surface area contributed by atoms with E-state index in [4.69, 9.17) is 0 Å². The van der Waals surface area contributed by atoms with Crippen molar-refractivity contribution < 1.29 is 9.59 Å². The van der Waals surface area contributed by atoms with Gasteiger partial charge < -0.3 is 5.32 Å². The minimum Gasteiger partial charge on any atom is -0.320 e. The van der Waals surface area contributed by atoms with Gasteiger partial charge in [0.2, 0.25) is 0 Å². The number of hydrogen-bond donors (Lipinski definition) is 2. The number of rotatable bonds is 2. The molecular formula is C11H16N2O2. The zero-order valence-corrected chi connectivity index (χ0v) is 8.93. The molecule has 0 radical (unpaired) electrons. The molecule has 1 aliphatic carbocycles.